The van der Waals surface area contributed by atoms with Crippen molar-refractivity contribution in [2.24, 2.45) is 10.7 Å². The van der Waals surface area contributed by atoms with Gasteiger partial charge in [-0.2, -0.15) is 18.2 Å². The number of hydrogen-bond donors (Lipinski definition) is 1. The molecule has 4 rings (SSSR count). The molecule has 27 heavy (non-hydrogen) atoms. The molecule has 0 unspecified atom stereocenters. The van der Waals surface area contributed by atoms with Gasteiger partial charge in [0, 0.05) is 17.4 Å². The monoisotopic (exact) mass is 397 g/mol. The summed E-state index contributed by atoms with van der Waals surface area (Å²) in [4.78, 5) is 4.36. The first-order chi connectivity index (χ1) is 12.6. The topological polar surface area (TPSA) is 52.5 Å². The van der Waals surface area contributed by atoms with Crippen LogP contribution in [0.1, 0.15) is 30.9 Å². The van der Waals surface area contributed by atoms with Gasteiger partial charge in [0.25, 0.3) is 0 Å². The third kappa shape index (κ3) is 5.65. The van der Waals surface area contributed by atoms with Gasteiger partial charge in [0.05, 0.1) is 0 Å². The minimum Gasteiger partial charge on any atom is -0.453 e. The molecule has 1 aliphatic carbocycles. The zero-order valence-electron chi connectivity index (χ0n) is 15.5. The Morgan fingerprint density at radius 3 is 2.15 bits per heavy atom. The number of guanidine groups is 1. The first-order valence-electron chi connectivity index (χ1n) is 8.77. The molecule has 0 spiro atoms. The Kier molecular flexibility index (Phi) is 7.54. The van der Waals surface area contributed by atoms with Gasteiger partial charge in [-0.1, -0.05) is 62.4 Å². The largest absolute Gasteiger partial charge is 2.00 e. The second kappa shape index (κ2) is 9.86. The molecule has 1 heterocycles. The SMILES string of the molecule is CC(C)c1ccc(C2=CC(=C3C=CC=C3)[N-]C(N)=N2)cc1.[Fe+2].c1cc[cH-]c1. The summed E-state index contributed by atoms with van der Waals surface area (Å²) in [6, 6.07) is 18.5. The molecule has 3 nitrogen and oxygen atoms in total. The Balaban J connectivity index is 0.000000379. The van der Waals surface area contributed by atoms with Gasteiger partial charge in [0.15, 0.2) is 0 Å². The van der Waals surface area contributed by atoms with Crippen molar-refractivity contribution < 1.29 is 17.1 Å². The number of rotatable bonds is 2. The molecule has 138 valence electrons. The molecule has 2 aliphatic rings. The second-order valence-electron chi connectivity index (χ2n) is 6.41. The van der Waals surface area contributed by atoms with Gasteiger partial charge in [0.2, 0.25) is 0 Å². The Morgan fingerprint density at radius 2 is 1.63 bits per heavy atom. The average Bonchev–Trinajstić information content (AvgIpc) is 3.37. The second-order valence-corrected chi connectivity index (χ2v) is 6.41. The maximum absolute atomic E-state index is 5.86. The Bertz CT molecular complexity index is 849. The number of nitrogens with zero attached hydrogens (tertiary/aromatic N) is 2. The first-order valence-corrected chi connectivity index (χ1v) is 8.77. The van der Waals surface area contributed by atoms with Crippen LogP contribution >= 0.6 is 0 Å². The molecular formula is C23H23FeN3. The molecule has 4 heteroatoms. The van der Waals surface area contributed by atoms with Crippen molar-refractivity contribution in [3.8, 4) is 0 Å². The van der Waals surface area contributed by atoms with E-state index in [0.29, 0.717) is 11.9 Å². The maximum Gasteiger partial charge on any atom is 2.00 e. The summed E-state index contributed by atoms with van der Waals surface area (Å²) >= 11 is 0. The summed E-state index contributed by atoms with van der Waals surface area (Å²) in [5.41, 5.74) is 11.0. The Labute approximate surface area is 171 Å². The van der Waals surface area contributed by atoms with Crippen LogP contribution in [-0.4, -0.2) is 5.96 Å². The number of aliphatic imine (C=N–C) groups is 1. The van der Waals surface area contributed by atoms with Crippen LogP contribution in [0.25, 0.3) is 11.0 Å². The fraction of sp³-hybridized carbons (Fsp3) is 0.130. The van der Waals surface area contributed by atoms with E-state index in [4.69, 9.17) is 5.73 Å². The fourth-order valence-corrected chi connectivity index (χ4v) is 2.67. The summed E-state index contributed by atoms with van der Waals surface area (Å²) in [5, 5.41) is 4.31. The molecule has 2 aromatic rings. The van der Waals surface area contributed by atoms with Crippen LogP contribution in [-0.2, 0) is 17.1 Å². The standard InChI is InChI=1S/C18H18N3.C5H5.Fe/c1-12(2)13-7-9-15(10-8-13)17-11-16(20-18(19)21-17)14-5-3-4-6-14;1-2-4-5-3-1;/h3-12H,1-2H3,(H2-,19,20,21);1-5H;/q2*-1;+2. The number of nitrogens with two attached hydrogens (primary N) is 1. The molecule has 0 amide bonds. The van der Waals surface area contributed by atoms with Gasteiger partial charge in [-0.25, -0.2) is 12.1 Å². The zero-order chi connectivity index (χ0) is 18.4. The normalized spacial score (nSPS) is 14.8. The van der Waals surface area contributed by atoms with Crippen LogP contribution in [0.3, 0.4) is 0 Å². The molecule has 0 aromatic heterocycles. The predicted molar refractivity (Wildman–Crippen MR) is 111 cm³/mol. The van der Waals surface area contributed by atoms with Crippen LogP contribution in [0.5, 0.6) is 0 Å². The predicted octanol–water partition coefficient (Wildman–Crippen LogP) is 5.64. The summed E-state index contributed by atoms with van der Waals surface area (Å²) in [5.74, 6) is 0.825. The number of allylic oxidation sites excluding steroid dienone is 6. The molecule has 0 radical (unpaired) electrons. The Morgan fingerprint density at radius 1 is 1.00 bits per heavy atom. The molecule has 0 bridgehead atoms. The van der Waals surface area contributed by atoms with Crippen molar-refractivity contribution in [3.63, 3.8) is 0 Å². The molecule has 2 N–H and O–H groups in total. The van der Waals surface area contributed by atoms with Crippen LogP contribution < -0.4 is 5.73 Å². The molecule has 1 aliphatic heterocycles. The van der Waals surface area contributed by atoms with E-state index in [1.807, 2.05) is 60.7 Å². The number of benzene rings is 1. The minimum atomic E-state index is 0. The van der Waals surface area contributed by atoms with E-state index in [1.54, 1.807) is 0 Å². The van der Waals surface area contributed by atoms with Crippen LogP contribution in [0.2, 0.25) is 0 Å². The van der Waals surface area contributed by atoms with Crippen molar-refractivity contribution in [1.82, 2.24) is 0 Å². The molecular weight excluding hydrogens is 374 g/mol. The summed E-state index contributed by atoms with van der Waals surface area (Å²) in [6.07, 6.45) is 10.0. The third-order valence-corrected chi connectivity index (χ3v) is 4.13. The summed E-state index contributed by atoms with van der Waals surface area (Å²) < 4.78 is 0. The van der Waals surface area contributed by atoms with Gasteiger partial charge < -0.3 is 16.0 Å². The van der Waals surface area contributed by atoms with Crippen LogP contribution in [0.4, 0.5) is 0 Å². The van der Waals surface area contributed by atoms with Crippen molar-refractivity contribution in [2.75, 3.05) is 0 Å². The molecule has 0 saturated carbocycles. The quantitative estimate of drug-likeness (QED) is 0.518. The first kappa shape index (κ1) is 20.6. The fourth-order valence-electron chi connectivity index (χ4n) is 2.67. The third-order valence-electron chi connectivity index (χ3n) is 4.13. The van der Waals surface area contributed by atoms with E-state index in [-0.39, 0.29) is 17.1 Å². The van der Waals surface area contributed by atoms with E-state index in [2.05, 4.69) is 48.4 Å². The molecule has 0 fully saturated rings. The van der Waals surface area contributed by atoms with Gasteiger partial charge in [-0.05, 0) is 28.7 Å². The van der Waals surface area contributed by atoms with E-state index < -0.39 is 0 Å². The van der Waals surface area contributed by atoms with Crippen LogP contribution in [0.15, 0.2) is 101 Å². The maximum atomic E-state index is 5.86. The van der Waals surface area contributed by atoms with E-state index in [1.165, 1.54) is 5.56 Å². The minimum absolute atomic E-state index is 0. The smallest absolute Gasteiger partial charge is 0.453 e. The van der Waals surface area contributed by atoms with Gasteiger partial charge in [-0.3, -0.25) is 0 Å². The van der Waals surface area contributed by atoms with Gasteiger partial charge in [-0.15, -0.1) is 0 Å². The van der Waals surface area contributed by atoms with E-state index in [0.717, 1.165) is 22.5 Å². The summed E-state index contributed by atoms with van der Waals surface area (Å²) in [6.45, 7) is 4.37. The van der Waals surface area contributed by atoms with E-state index in [9.17, 15) is 0 Å². The average molecular weight is 397 g/mol. The van der Waals surface area contributed by atoms with Gasteiger partial charge >= 0.3 is 17.1 Å². The number of hydrogen-bond acceptors (Lipinski definition) is 2. The Hall–Kier alpha value is -2.68. The van der Waals surface area contributed by atoms with Crippen molar-refractivity contribution in [2.45, 2.75) is 19.8 Å². The van der Waals surface area contributed by atoms with Crippen LogP contribution in [0, 0.1) is 0 Å². The van der Waals surface area contributed by atoms with Crippen molar-refractivity contribution >= 4 is 11.7 Å². The zero-order valence-corrected chi connectivity index (χ0v) is 16.6. The van der Waals surface area contributed by atoms with Crippen molar-refractivity contribution in [3.05, 3.63) is 113 Å². The molecule has 0 atom stereocenters. The van der Waals surface area contributed by atoms with Gasteiger partial charge in [0.1, 0.15) is 0 Å². The summed E-state index contributed by atoms with van der Waals surface area (Å²) in [7, 11) is 0. The molecule has 0 saturated heterocycles. The van der Waals surface area contributed by atoms with Crippen molar-refractivity contribution in [1.29, 1.82) is 0 Å². The van der Waals surface area contributed by atoms with E-state index >= 15 is 0 Å². The molecule has 2 aromatic carbocycles.